The second-order valence-corrected chi connectivity index (χ2v) is 10.1. The summed E-state index contributed by atoms with van der Waals surface area (Å²) in [6, 6.07) is 9.74. The molecule has 0 saturated heterocycles. The molecule has 1 saturated carbocycles. The molecule has 3 heterocycles. The number of aromatic nitrogens is 4. The number of pyridine rings is 2. The maximum Gasteiger partial charge on any atom is 0.272 e. The van der Waals surface area contributed by atoms with Crippen LogP contribution in [0.2, 0.25) is 0 Å². The van der Waals surface area contributed by atoms with Crippen LogP contribution in [-0.2, 0) is 12.5 Å². The second-order valence-electron chi connectivity index (χ2n) is 10.1. The molecule has 0 aliphatic heterocycles. The first kappa shape index (κ1) is 25.1. The van der Waals surface area contributed by atoms with Crippen molar-refractivity contribution in [1.82, 2.24) is 19.5 Å². The van der Waals surface area contributed by atoms with Crippen LogP contribution in [-0.4, -0.2) is 19.5 Å². The molecular weight excluding hydrogens is 477 g/mol. The third kappa shape index (κ3) is 4.89. The van der Waals surface area contributed by atoms with Gasteiger partial charge in [-0.05, 0) is 86.8 Å². The number of nitrogens with zero attached hydrogens (tertiary/aromatic N) is 4. The Kier molecular flexibility index (Phi) is 6.60. The minimum Gasteiger partial charge on any atom is -0.285 e. The molecule has 5 rings (SSSR count). The highest BCUT2D eigenvalue weighted by atomic mass is 19.3. The first-order chi connectivity index (χ1) is 17.6. The molecule has 0 bridgehead atoms. The molecule has 37 heavy (non-hydrogen) atoms. The Morgan fingerprint density at radius 3 is 2.46 bits per heavy atom. The molecule has 4 aromatic rings. The fourth-order valence-corrected chi connectivity index (χ4v) is 5.64. The zero-order valence-electron chi connectivity index (χ0n) is 21.1. The van der Waals surface area contributed by atoms with Crippen molar-refractivity contribution in [3.63, 3.8) is 0 Å². The van der Waals surface area contributed by atoms with Crippen molar-refractivity contribution in [1.29, 1.82) is 0 Å². The van der Waals surface area contributed by atoms with E-state index in [4.69, 9.17) is 0 Å². The van der Waals surface area contributed by atoms with E-state index in [-0.39, 0.29) is 41.0 Å². The number of aryl methyl sites for hydroxylation is 2. The van der Waals surface area contributed by atoms with Crippen molar-refractivity contribution in [3.8, 4) is 0 Å². The second kappa shape index (κ2) is 9.72. The van der Waals surface area contributed by atoms with Crippen LogP contribution >= 0.6 is 0 Å². The predicted molar refractivity (Wildman–Crippen MR) is 137 cm³/mol. The summed E-state index contributed by atoms with van der Waals surface area (Å²) in [4.78, 5) is 27.0. The summed E-state index contributed by atoms with van der Waals surface area (Å²) in [7, 11) is 0. The Balaban J connectivity index is 1.53. The highest BCUT2D eigenvalue weighted by molar-refractivity contribution is 5.71. The predicted octanol–water partition coefficient (Wildman–Crippen LogP) is 6.54. The number of alkyl halides is 2. The molecule has 192 valence electrons. The Labute approximate surface area is 213 Å². The number of rotatable bonds is 5. The summed E-state index contributed by atoms with van der Waals surface area (Å²) >= 11 is 0. The standard InChI is InChI=1S/C29H29F3N4O/c1-17-6-4-8-23(30)26(17)20-11-9-19(10-12-20)21-14-24-27(35-18(2)15-34-24)36(28(21)37)16-25-22(29(3,31)32)7-5-13-33-25/h4-8,13-15,19-20H,9-12,16H2,1-3H3. The lowest BCUT2D eigenvalue weighted by Crippen LogP contribution is -2.29. The van der Waals surface area contributed by atoms with Gasteiger partial charge in [-0.2, -0.15) is 0 Å². The average Bonchev–Trinajstić information content (AvgIpc) is 2.86. The highest BCUT2D eigenvalue weighted by Crippen LogP contribution is 2.41. The van der Waals surface area contributed by atoms with Gasteiger partial charge in [-0.1, -0.05) is 12.1 Å². The van der Waals surface area contributed by atoms with Crippen LogP contribution in [0, 0.1) is 19.7 Å². The fraction of sp³-hybridized carbons (Fsp3) is 0.379. The van der Waals surface area contributed by atoms with Gasteiger partial charge in [-0.15, -0.1) is 0 Å². The number of halogens is 3. The molecule has 0 amide bonds. The molecule has 0 spiro atoms. The number of fused-ring (bicyclic) bond motifs is 1. The topological polar surface area (TPSA) is 60.7 Å². The lowest BCUT2D eigenvalue weighted by atomic mass is 9.75. The molecule has 0 atom stereocenters. The van der Waals surface area contributed by atoms with Gasteiger partial charge in [0.2, 0.25) is 0 Å². The summed E-state index contributed by atoms with van der Waals surface area (Å²) in [5.74, 6) is -3.22. The SMILES string of the molecule is Cc1cnc2cc(C3CCC(c4c(C)cccc4F)CC3)c(=O)n(Cc3ncccc3C(C)(F)F)c2n1. The summed E-state index contributed by atoms with van der Waals surface area (Å²) in [5, 5.41) is 0. The molecule has 5 nitrogen and oxygen atoms in total. The molecule has 0 unspecified atom stereocenters. The highest BCUT2D eigenvalue weighted by Gasteiger charge is 2.31. The van der Waals surface area contributed by atoms with Gasteiger partial charge in [0.15, 0.2) is 5.65 Å². The van der Waals surface area contributed by atoms with Crippen LogP contribution in [0.3, 0.4) is 0 Å². The van der Waals surface area contributed by atoms with E-state index < -0.39 is 5.92 Å². The van der Waals surface area contributed by atoms with Crippen LogP contribution in [0.15, 0.2) is 53.6 Å². The summed E-state index contributed by atoms with van der Waals surface area (Å²) < 4.78 is 44.6. The van der Waals surface area contributed by atoms with Crippen LogP contribution in [0.5, 0.6) is 0 Å². The van der Waals surface area contributed by atoms with E-state index in [0.29, 0.717) is 22.4 Å². The quantitative estimate of drug-likeness (QED) is 0.308. The molecular formula is C29H29F3N4O. The Hall–Kier alpha value is -3.55. The lowest BCUT2D eigenvalue weighted by Gasteiger charge is -2.30. The minimum absolute atomic E-state index is 0.0367. The molecule has 1 aromatic carbocycles. The van der Waals surface area contributed by atoms with E-state index in [0.717, 1.165) is 43.7 Å². The van der Waals surface area contributed by atoms with Crippen LogP contribution in [0.4, 0.5) is 13.2 Å². The number of benzene rings is 1. The summed E-state index contributed by atoms with van der Waals surface area (Å²) in [5.41, 5.74) is 3.44. The molecule has 8 heteroatoms. The molecule has 1 fully saturated rings. The monoisotopic (exact) mass is 506 g/mol. The molecule has 1 aliphatic carbocycles. The van der Waals surface area contributed by atoms with Crippen molar-refractivity contribution in [2.45, 2.75) is 70.8 Å². The van der Waals surface area contributed by atoms with E-state index in [2.05, 4.69) is 15.0 Å². The first-order valence-corrected chi connectivity index (χ1v) is 12.6. The van der Waals surface area contributed by atoms with Gasteiger partial charge in [0.1, 0.15) is 11.3 Å². The Morgan fingerprint density at radius 2 is 1.76 bits per heavy atom. The fourth-order valence-electron chi connectivity index (χ4n) is 5.64. The van der Waals surface area contributed by atoms with Crippen LogP contribution in [0.1, 0.15) is 78.1 Å². The van der Waals surface area contributed by atoms with E-state index >= 15 is 0 Å². The number of hydrogen-bond acceptors (Lipinski definition) is 4. The average molecular weight is 507 g/mol. The van der Waals surface area contributed by atoms with Gasteiger partial charge in [-0.3, -0.25) is 19.3 Å². The van der Waals surface area contributed by atoms with Gasteiger partial charge in [-0.25, -0.2) is 18.2 Å². The third-order valence-corrected chi connectivity index (χ3v) is 7.46. The molecule has 3 aromatic heterocycles. The van der Waals surface area contributed by atoms with Crippen molar-refractivity contribution in [3.05, 3.63) is 98.6 Å². The van der Waals surface area contributed by atoms with Crippen molar-refractivity contribution in [2.75, 3.05) is 0 Å². The normalized spacial score (nSPS) is 18.3. The van der Waals surface area contributed by atoms with Crippen molar-refractivity contribution >= 4 is 11.2 Å². The minimum atomic E-state index is -3.11. The maximum atomic E-state index is 14.6. The van der Waals surface area contributed by atoms with E-state index in [1.54, 1.807) is 25.3 Å². The molecule has 1 aliphatic rings. The van der Waals surface area contributed by atoms with Gasteiger partial charge in [0.25, 0.3) is 11.5 Å². The molecule has 0 N–H and O–H groups in total. The lowest BCUT2D eigenvalue weighted by molar-refractivity contribution is 0.0160. The zero-order valence-corrected chi connectivity index (χ0v) is 21.1. The van der Waals surface area contributed by atoms with Gasteiger partial charge in [0, 0.05) is 30.4 Å². The molecule has 0 radical (unpaired) electrons. The number of hydrogen-bond donors (Lipinski definition) is 0. The largest absolute Gasteiger partial charge is 0.285 e. The third-order valence-electron chi connectivity index (χ3n) is 7.46. The van der Waals surface area contributed by atoms with Crippen LogP contribution < -0.4 is 5.56 Å². The van der Waals surface area contributed by atoms with Gasteiger partial charge >= 0.3 is 0 Å². The van der Waals surface area contributed by atoms with Crippen molar-refractivity contribution in [2.24, 2.45) is 0 Å². The smallest absolute Gasteiger partial charge is 0.272 e. The Morgan fingerprint density at radius 1 is 1.03 bits per heavy atom. The van der Waals surface area contributed by atoms with E-state index in [1.807, 2.05) is 13.0 Å². The van der Waals surface area contributed by atoms with Gasteiger partial charge in [0.05, 0.1) is 17.9 Å². The van der Waals surface area contributed by atoms with E-state index in [9.17, 15) is 18.0 Å². The summed E-state index contributed by atoms with van der Waals surface area (Å²) in [6.07, 6.45) is 6.04. The van der Waals surface area contributed by atoms with Crippen LogP contribution in [0.25, 0.3) is 11.2 Å². The maximum absolute atomic E-state index is 14.6. The van der Waals surface area contributed by atoms with E-state index in [1.165, 1.54) is 29.0 Å². The zero-order chi connectivity index (χ0) is 26.3. The summed E-state index contributed by atoms with van der Waals surface area (Å²) in [6.45, 7) is 4.39. The first-order valence-electron chi connectivity index (χ1n) is 12.6. The van der Waals surface area contributed by atoms with Crippen molar-refractivity contribution < 1.29 is 13.2 Å². The van der Waals surface area contributed by atoms with Gasteiger partial charge < -0.3 is 0 Å². The Bertz CT molecular complexity index is 1500.